The molecule has 1 aromatic carbocycles. The number of aromatic nitrogens is 3. The lowest BCUT2D eigenvalue weighted by Crippen LogP contribution is -2.25. The van der Waals surface area contributed by atoms with Crippen LogP contribution >= 0.6 is 0 Å². The molecule has 26 heavy (non-hydrogen) atoms. The van der Waals surface area contributed by atoms with Gasteiger partial charge >= 0.3 is 0 Å². The molecule has 1 N–H and O–H groups in total. The van der Waals surface area contributed by atoms with Gasteiger partial charge in [0, 0.05) is 18.9 Å². The van der Waals surface area contributed by atoms with Gasteiger partial charge in [-0.3, -0.25) is 14.5 Å². The molecule has 0 aliphatic heterocycles. The number of hydrogen-bond donors (Lipinski definition) is 1. The van der Waals surface area contributed by atoms with Gasteiger partial charge in [0.2, 0.25) is 0 Å². The molecule has 5 nitrogen and oxygen atoms in total. The van der Waals surface area contributed by atoms with Crippen LogP contribution in [0.15, 0.2) is 54.9 Å². The lowest BCUT2D eigenvalue weighted by molar-refractivity contribution is 0.0949. The maximum absolute atomic E-state index is 12.9. The normalized spacial score (nSPS) is 10.7. The van der Waals surface area contributed by atoms with E-state index in [4.69, 9.17) is 5.10 Å². The molecule has 0 saturated carbocycles. The van der Waals surface area contributed by atoms with Crippen molar-refractivity contribution >= 4 is 5.91 Å². The second-order valence-electron chi connectivity index (χ2n) is 6.16. The standard InChI is InChI=1S/C21H24N4O/c1-3-18-20(21(26)23-14-17-11-8-12-22-13-17)19(4-2)25(24-18)15-16-9-6-5-7-10-16/h5-13H,3-4,14-15H2,1-2H3,(H,23,26). The molecule has 0 fully saturated rings. The molecule has 3 rings (SSSR count). The zero-order chi connectivity index (χ0) is 18.4. The summed E-state index contributed by atoms with van der Waals surface area (Å²) in [7, 11) is 0. The van der Waals surface area contributed by atoms with Crippen molar-refractivity contribution in [1.82, 2.24) is 20.1 Å². The Hall–Kier alpha value is -2.95. The van der Waals surface area contributed by atoms with Gasteiger partial charge in [-0.2, -0.15) is 5.10 Å². The number of pyridine rings is 1. The number of aryl methyl sites for hydroxylation is 1. The van der Waals surface area contributed by atoms with Gasteiger partial charge in [-0.05, 0) is 30.0 Å². The van der Waals surface area contributed by atoms with E-state index in [1.54, 1.807) is 12.4 Å². The highest BCUT2D eigenvalue weighted by Crippen LogP contribution is 2.18. The number of nitrogens with one attached hydrogen (secondary N) is 1. The van der Waals surface area contributed by atoms with Crippen molar-refractivity contribution in [2.75, 3.05) is 0 Å². The zero-order valence-electron chi connectivity index (χ0n) is 15.3. The highest BCUT2D eigenvalue weighted by atomic mass is 16.1. The molecule has 3 aromatic rings. The van der Waals surface area contributed by atoms with Crippen LogP contribution in [0.4, 0.5) is 0 Å². The summed E-state index contributed by atoms with van der Waals surface area (Å²) in [6.45, 7) is 5.23. The van der Waals surface area contributed by atoms with Crippen LogP contribution in [-0.2, 0) is 25.9 Å². The van der Waals surface area contributed by atoms with Crippen molar-refractivity contribution in [3.05, 3.63) is 82.9 Å². The first kappa shape index (κ1) is 17.9. The van der Waals surface area contributed by atoms with Crippen LogP contribution in [0.2, 0.25) is 0 Å². The average molecular weight is 348 g/mol. The monoisotopic (exact) mass is 348 g/mol. The highest BCUT2D eigenvalue weighted by molar-refractivity contribution is 5.96. The summed E-state index contributed by atoms with van der Waals surface area (Å²) in [5, 5.41) is 7.72. The van der Waals surface area contributed by atoms with E-state index in [9.17, 15) is 4.79 Å². The number of amides is 1. The maximum atomic E-state index is 12.9. The van der Waals surface area contributed by atoms with Gasteiger partial charge in [0.15, 0.2) is 0 Å². The van der Waals surface area contributed by atoms with Gasteiger partial charge in [-0.25, -0.2) is 0 Å². The summed E-state index contributed by atoms with van der Waals surface area (Å²) in [4.78, 5) is 16.9. The Labute approximate surface area is 154 Å². The molecule has 5 heteroatoms. The lowest BCUT2D eigenvalue weighted by Gasteiger charge is -2.09. The van der Waals surface area contributed by atoms with E-state index in [0.717, 1.165) is 35.4 Å². The number of carbonyl (C=O) groups excluding carboxylic acids is 1. The SMILES string of the molecule is CCc1nn(Cc2ccccc2)c(CC)c1C(=O)NCc1cccnc1. The Morgan fingerprint density at radius 2 is 1.81 bits per heavy atom. The first-order valence-corrected chi connectivity index (χ1v) is 9.02. The highest BCUT2D eigenvalue weighted by Gasteiger charge is 2.21. The molecule has 2 aromatic heterocycles. The van der Waals surface area contributed by atoms with Crippen molar-refractivity contribution in [2.24, 2.45) is 0 Å². The van der Waals surface area contributed by atoms with Crippen molar-refractivity contribution in [1.29, 1.82) is 0 Å². The second-order valence-corrected chi connectivity index (χ2v) is 6.16. The van der Waals surface area contributed by atoms with Gasteiger partial charge in [0.1, 0.15) is 0 Å². The van der Waals surface area contributed by atoms with Crippen LogP contribution in [0.3, 0.4) is 0 Å². The molecule has 2 heterocycles. The minimum absolute atomic E-state index is 0.0677. The van der Waals surface area contributed by atoms with Crippen molar-refractivity contribution < 1.29 is 4.79 Å². The number of nitrogens with zero attached hydrogens (tertiary/aromatic N) is 3. The minimum Gasteiger partial charge on any atom is -0.348 e. The predicted molar refractivity (Wildman–Crippen MR) is 102 cm³/mol. The molecule has 134 valence electrons. The summed E-state index contributed by atoms with van der Waals surface area (Å²) in [6, 6.07) is 14.0. The Balaban J connectivity index is 1.84. The largest absolute Gasteiger partial charge is 0.348 e. The summed E-state index contributed by atoms with van der Waals surface area (Å²) in [5.41, 5.74) is 4.70. The van der Waals surface area contributed by atoms with Crippen LogP contribution in [0.25, 0.3) is 0 Å². The Kier molecular flexibility index (Phi) is 5.79. The molecule has 0 aliphatic rings. The van der Waals surface area contributed by atoms with Crippen molar-refractivity contribution in [2.45, 2.75) is 39.8 Å². The van der Waals surface area contributed by atoms with E-state index in [2.05, 4.69) is 29.4 Å². The molecule has 0 radical (unpaired) electrons. The fourth-order valence-corrected chi connectivity index (χ4v) is 3.08. The van der Waals surface area contributed by atoms with Gasteiger partial charge in [0.25, 0.3) is 5.91 Å². The maximum Gasteiger partial charge on any atom is 0.255 e. The Bertz CT molecular complexity index is 856. The number of rotatable bonds is 7. The van der Waals surface area contributed by atoms with Gasteiger partial charge in [-0.15, -0.1) is 0 Å². The Morgan fingerprint density at radius 1 is 1.04 bits per heavy atom. The molecule has 0 atom stereocenters. The van der Waals surface area contributed by atoms with E-state index < -0.39 is 0 Å². The minimum atomic E-state index is -0.0677. The molecule has 1 amide bonds. The third-order valence-electron chi connectivity index (χ3n) is 4.38. The van der Waals surface area contributed by atoms with E-state index in [0.29, 0.717) is 13.1 Å². The quantitative estimate of drug-likeness (QED) is 0.712. The molecule has 0 spiro atoms. The molecule has 0 bridgehead atoms. The van der Waals surface area contributed by atoms with E-state index >= 15 is 0 Å². The van der Waals surface area contributed by atoms with E-state index in [1.165, 1.54) is 5.56 Å². The third-order valence-corrected chi connectivity index (χ3v) is 4.38. The van der Waals surface area contributed by atoms with Crippen molar-refractivity contribution in [3.8, 4) is 0 Å². The van der Waals surface area contributed by atoms with Crippen LogP contribution in [0.5, 0.6) is 0 Å². The van der Waals surface area contributed by atoms with Crippen LogP contribution in [0.1, 0.15) is 46.7 Å². The number of benzene rings is 1. The van der Waals surface area contributed by atoms with E-state index in [-0.39, 0.29) is 5.91 Å². The average Bonchev–Trinajstić information content (AvgIpc) is 3.05. The fourth-order valence-electron chi connectivity index (χ4n) is 3.08. The second kappa shape index (κ2) is 8.43. The molecule has 0 unspecified atom stereocenters. The third kappa shape index (κ3) is 3.99. The first-order valence-electron chi connectivity index (χ1n) is 9.02. The summed E-state index contributed by atoms with van der Waals surface area (Å²) < 4.78 is 1.97. The number of hydrogen-bond acceptors (Lipinski definition) is 3. The smallest absolute Gasteiger partial charge is 0.255 e. The Morgan fingerprint density at radius 3 is 2.46 bits per heavy atom. The molecular weight excluding hydrogens is 324 g/mol. The topological polar surface area (TPSA) is 59.8 Å². The summed E-state index contributed by atoms with van der Waals surface area (Å²) >= 11 is 0. The van der Waals surface area contributed by atoms with E-state index in [1.807, 2.05) is 41.9 Å². The zero-order valence-corrected chi connectivity index (χ0v) is 15.3. The van der Waals surface area contributed by atoms with Gasteiger partial charge in [0.05, 0.1) is 23.5 Å². The molecule has 0 aliphatic carbocycles. The van der Waals surface area contributed by atoms with Crippen LogP contribution < -0.4 is 5.32 Å². The predicted octanol–water partition coefficient (Wildman–Crippen LogP) is 3.38. The number of carbonyl (C=O) groups is 1. The van der Waals surface area contributed by atoms with Gasteiger partial charge in [-0.1, -0.05) is 50.2 Å². The first-order chi connectivity index (χ1) is 12.7. The fraction of sp³-hybridized carbons (Fsp3) is 0.286. The van der Waals surface area contributed by atoms with Gasteiger partial charge < -0.3 is 5.32 Å². The summed E-state index contributed by atoms with van der Waals surface area (Å²) in [6.07, 6.45) is 4.98. The summed E-state index contributed by atoms with van der Waals surface area (Å²) in [5.74, 6) is -0.0677. The van der Waals surface area contributed by atoms with Crippen LogP contribution in [0, 0.1) is 0 Å². The molecular formula is C21H24N4O. The van der Waals surface area contributed by atoms with Crippen molar-refractivity contribution in [3.63, 3.8) is 0 Å². The lowest BCUT2D eigenvalue weighted by atomic mass is 10.1. The molecule has 0 saturated heterocycles. The van der Waals surface area contributed by atoms with Crippen LogP contribution in [-0.4, -0.2) is 20.7 Å².